The van der Waals surface area contributed by atoms with E-state index in [9.17, 15) is 13.2 Å². The monoisotopic (exact) mass is 476 g/mol. The Labute approximate surface area is 195 Å². The molecule has 0 spiro atoms. The minimum atomic E-state index is -3.60. The predicted molar refractivity (Wildman–Crippen MR) is 125 cm³/mol. The molecule has 8 nitrogen and oxygen atoms in total. The highest BCUT2D eigenvalue weighted by Crippen LogP contribution is 2.30. The number of piperidine rings is 1. The smallest absolute Gasteiger partial charge is 0.243 e. The molecule has 1 aliphatic rings. The molecule has 0 radical (unpaired) electrons. The summed E-state index contributed by atoms with van der Waals surface area (Å²) in [6, 6.07) is 11.8. The zero-order valence-electron chi connectivity index (χ0n) is 19.5. The van der Waals surface area contributed by atoms with Crippen LogP contribution in [0.1, 0.15) is 38.3 Å². The lowest BCUT2D eigenvalue weighted by Crippen LogP contribution is -2.43. The summed E-state index contributed by atoms with van der Waals surface area (Å²) in [5.74, 6) is 1.55. The molecule has 0 aromatic heterocycles. The second-order valence-corrected chi connectivity index (χ2v) is 9.87. The SMILES string of the molecule is CCOc1ccc(S(=O)(=O)N2CCC(C(=O)N[C@H](C)c3ccc(OC)c(OC)c3)CC2)cc1. The van der Waals surface area contributed by atoms with Crippen LogP contribution in [-0.4, -0.2) is 52.5 Å². The van der Waals surface area contributed by atoms with Crippen molar-refractivity contribution in [1.82, 2.24) is 9.62 Å². The van der Waals surface area contributed by atoms with Crippen molar-refractivity contribution in [3.05, 3.63) is 48.0 Å². The first-order chi connectivity index (χ1) is 15.8. The number of carbonyl (C=O) groups excluding carboxylic acids is 1. The van der Waals surface area contributed by atoms with Gasteiger partial charge in [0.25, 0.3) is 0 Å². The molecule has 1 amide bonds. The van der Waals surface area contributed by atoms with Crippen LogP contribution in [-0.2, 0) is 14.8 Å². The van der Waals surface area contributed by atoms with Crippen LogP contribution in [0, 0.1) is 5.92 Å². The van der Waals surface area contributed by atoms with E-state index in [4.69, 9.17) is 14.2 Å². The Hall–Kier alpha value is -2.78. The molecule has 0 bridgehead atoms. The largest absolute Gasteiger partial charge is 0.494 e. The van der Waals surface area contributed by atoms with Gasteiger partial charge in [0.15, 0.2) is 11.5 Å². The highest BCUT2D eigenvalue weighted by atomic mass is 32.2. The van der Waals surface area contributed by atoms with Crippen molar-refractivity contribution in [3.8, 4) is 17.2 Å². The van der Waals surface area contributed by atoms with Gasteiger partial charge in [-0.25, -0.2) is 8.42 Å². The van der Waals surface area contributed by atoms with Crippen molar-refractivity contribution in [3.63, 3.8) is 0 Å². The minimum absolute atomic E-state index is 0.0737. The minimum Gasteiger partial charge on any atom is -0.494 e. The van der Waals surface area contributed by atoms with Crippen molar-refractivity contribution in [2.24, 2.45) is 5.92 Å². The van der Waals surface area contributed by atoms with Gasteiger partial charge in [0, 0.05) is 19.0 Å². The second kappa shape index (κ2) is 10.9. The van der Waals surface area contributed by atoms with Gasteiger partial charge in [-0.1, -0.05) is 6.07 Å². The van der Waals surface area contributed by atoms with Crippen LogP contribution in [0.2, 0.25) is 0 Å². The van der Waals surface area contributed by atoms with Crippen LogP contribution >= 0.6 is 0 Å². The molecule has 1 saturated heterocycles. The fourth-order valence-corrected chi connectivity index (χ4v) is 5.39. The molecule has 1 N–H and O–H groups in total. The van der Waals surface area contributed by atoms with Crippen molar-refractivity contribution < 1.29 is 27.4 Å². The van der Waals surface area contributed by atoms with E-state index in [-0.39, 0.29) is 22.8 Å². The summed E-state index contributed by atoms with van der Waals surface area (Å²) in [5.41, 5.74) is 0.900. The van der Waals surface area contributed by atoms with Crippen molar-refractivity contribution in [1.29, 1.82) is 0 Å². The maximum atomic E-state index is 13.0. The fourth-order valence-electron chi connectivity index (χ4n) is 3.92. The Morgan fingerprint density at radius 2 is 1.70 bits per heavy atom. The predicted octanol–water partition coefficient (Wildman–Crippen LogP) is 3.38. The molecule has 9 heteroatoms. The molecular weight excluding hydrogens is 444 g/mol. The maximum absolute atomic E-state index is 13.0. The number of benzene rings is 2. The number of rotatable bonds is 9. The van der Waals surface area contributed by atoms with E-state index in [1.165, 1.54) is 4.31 Å². The number of sulfonamides is 1. The van der Waals surface area contributed by atoms with Crippen LogP contribution in [0.5, 0.6) is 17.2 Å². The van der Waals surface area contributed by atoms with E-state index in [0.29, 0.717) is 49.8 Å². The third kappa shape index (κ3) is 5.78. The van der Waals surface area contributed by atoms with E-state index in [1.54, 1.807) is 44.6 Å². The van der Waals surface area contributed by atoms with E-state index < -0.39 is 10.0 Å². The lowest BCUT2D eigenvalue weighted by Gasteiger charge is -2.31. The Morgan fingerprint density at radius 3 is 2.27 bits per heavy atom. The highest BCUT2D eigenvalue weighted by molar-refractivity contribution is 7.89. The average Bonchev–Trinajstić information content (AvgIpc) is 2.84. The summed E-state index contributed by atoms with van der Waals surface area (Å²) in [6.45, 7) is 4.91. The van der Waals surface area contributed by atoms with Crippen LogP contribution in [0.3, 0.4) is 0 Å². The molecule has 1 aliphatic heterocycles. The summed E-state index contributed by atoms with van der Waals surface area (Å²) in [5, 5.41) is 3.04. The van der Waals surface area contributed by atoms with E-state index in [2.05, 4.69) is 5.32 Å². The van der Waals surface area contributed by atoms with Crippen LogP contribution < -0.4 is 19.5 Å². The topological polar surface area (TPSA) is 94.2 Å². The third-order valence-electron chi connectivity index (χ3n) is 5.86. The number of hydrogen-bond donors (Lipinski definition) is 1. The molecule has 1 atom stereocenters. The number of ether oxygens (including phenoxy) is 3. The molecule has 0 aliphatic carbocycles. The van der Waals surface area contributed by atoms with Gasteiger partial charge in [0.1, 0.15) is 5.75 Å². The van der Waals surface area contributed by atoms with E-state index in [0.717, 1.165) is 5.56 Å². The van der Waals surface area contributed by atoms with Gasteiger partial charge in [-0.05, 0) is 68.7 Å². The summed E-state index contributed by atoms with van der Waals surface area (Å²) in [7, 11) is -0.459. The van der Waals surface area contributed by atoms with Crippen molar-refractivity contribution >= 4 is 15.9 Å². The molecule has 2 aromatic carbocycles. The van der Waals surface area contributed by atoms with Gasteiger partial charge in [-0.15, -0.1) is 0 Å². The average molecular weight is 477 g/mol. The lowest BCUT2D eigenvalue weighted by atomic mass is 9.96. The molecule has 2 aromatic rings. The number of nitrogens with one attached hydrogen (secondary N) is 1. The van der Waals surface area contributed by atoms with Crippen LogP contribution in [0.25, 0.3) is 0 Å². The van der Waals surface area contributed by atoms with Gasteiger partial charge < -0.3 is 19.5 Å². The third-order valence-corrected chi connectivity index (χ3v) is 7.78. The Balaban J connectivity index is 1.58. The van der Waals surface area contributed by atoms with E-state index in [1.807, 2.05) is 26.0 Å². The number of carbonyl (C=O) groups is 1. The zero-order chi connectivity index (χ0) is 24.0. The zero-order valence-corrected chi connectivity index (χ0v) is 20.4. The van der Waals surface area contributed by atoms with Gasteiger partial charge in [0.2, 0.25) is 15.9 Å². The standard InChI is InChI=1S/C24H32N2O6S/c1-5-32-20-7-9-21(10-8-20)33(28,29)26-14-12-18(13-15-26)24(27)25-17(2)19-6-11-22(30-3)23(16-19)31-4/h6-11,16-18H,5,12-15H2,1-4H3,(H,25,27)/t17-/m1/s1. The molecular formula is C24H32N2O6S. The van der Waals surface area contributed by atoms with Gasteiger partial charge in [-0.2, -0.15) is 4.31 Å². The van der Waals surface area contributed by atoms with E-state index >= 15 is 0 Å². The Morgan fingerprint density at radius 1 is 1.06 bits per heavy atom. The van der Waals surface area contributed by atoms with Crippen molar-refractivity contribution in [2.75, 3.05) is 33.9 Å². The first-order valence-electron chi connectivity index (χ1n) is 11.1. The van der Waals surface area contributed by atoms with Crippen LogP contribution in [0.4, 0.5) is 0 Å². The summed E-state index contributed by atoms with van der Waals surface area (Å²) < 4.78 is 43.4. The number of methoxy groups -OCH3 is 2. The molecule has 0 saturated carbocycles. The summed E-state index contributed by atoms with van der Waals surface area (Å²) >= 11 is 0. The highest BCUT2D eigenvalue weighted by Gasteiger charge is 2.32. The Bertz CT molecular complexity index is 1050. The van der Waals surface area contributed by atoms with Gasteiger partial charge in [-0.3, -0.25) is 4.79 Å². The number of amides is 1. The van der Waals surface area contributed by atoms with Crippen LogP contribution in [0.15, 0.2) is 47.4 Å². The number of hydrogen-bond acceptors (Lipinski definition) is 6. The quantitative estimate of drug-likeness (QED) is 0.596. The first-order valence-corrected chi connectivity index (χ1v) is 12.5. The maximum Gasteiger partial charge on any atom is 0.243 e. The molecule has 3 rings (SSSR count). The lowest BCUT2D eigenvalue weighted by molar-refractivity contribution is -0.126. The Kier molecular flexibility index (Phi) is 8.20. The molecule has 0 unspecified atom stereocenters. The molecule has 180 valence electrons. The number of nitrogens with zero attached hydrogens (tertiary/aromatic N) is 1. The first kappa shape index (κ1) is 24.9. The van der Waals surface area contributed by atoms with Gasteiger partial charge in [0.05, 0.1) is 31.8 Å². The summed E-state index contributed by atoms with van der Waals surface area (Å²) in [4.78, 5) is 13.1. The summed E-state index contributed by atoms with van der Waals surface area (Å²) in [6.07, 6.45) is 0.946. The molecule has 33 heavy (non-hydrogen) atoms. The molecule has 1 fully saturated rings. The van der Waals surface area contributed by atoms with Crippen molar-refractivity contribution in [2.45, 2.75) is 37.6 Å². The second-order valence-electron chi connectivity index (χ2n) is 7.93. The molecule has 1 heterocycles. The van der Waals surface area contributed by atoms with Gasteiger partial charge >= 0.3 is 0 Å². The fraction of sp³-hybridized carbons (Fsp3) is 0.458. The normalized spacial score (nSPS) is 16.1.